The van der Waals surface area contributed by atoms with Crippen LogP contribution in [-0.2, 0) is 0 Å². The molecule has 1 saturated heterocycles. The molecule has 0 radical (unpaired) electrons. The number of anilines is 1. The van der Waals surface area contributed by atoms with Crippen LogP contribution in [0.2, 0.25) is 0 Å². The average molecular weight is 257 g/mol. The van der Waals surface area contributed by atoms with E-state index in [2.05, 4.69) is 42.3 Å². The van der Waals surface area contributed by atoms with Gasteiger partial charge in [-0.15, -0.1) is 0 Å². The fourth-order valence-corrected chi connectivity index (χ4v) is 2.68. The van der Waals surface area contributed by atoms with Gasteiger partial charge in [-0.3, -0.25) is 0 Å². The zero-order valence-corrected chi connectivity index (χ0v) is 11.9. The summed E-state index contributed by atoms with van der Waals surface area (Å²) in [6.45, 7) is 7.87. The minimum Gasteiger partial charge on any atom is -0.369 e. The summed E-state index contributed by atoms with van der Waals surface area (Å²) in [6.07, 6.45) is 2.53. The SMILES string of the molecule is CC(C)N(CC1CCNCC1)c1ccc(C#N)cc1. The number of nitrogens with one attached hydrogen (secondary N) is 1. The molecule has 1 aromatic carbocycles. The van der Waals surface area contributed by atoms with Crippen LogP contribution in [0.1, 0.15) is 32.3 Å². The Balaban J connectivity index is 2.07. The largest absolute Gasteiger partial charge is 0.369 e. The van der Waals surface area contributed by atoms with Gasteiger partial charge >= 0.3 is 0 Å². The number of nitriles is 1. The first-order valence-corrected chi connectivity index (χ1v) is 7.18. The van der Waals surface area contributed by atoms with Gasteiger partial charge in [0.2, 0.25) is 0 Å². The van der Waals surface area contributed by atoms with Gasteiger partial charge in [0, 0.05) is 18.3 Å². The molecule has 2 rings (SSSR count). The first-order chi connectivity index (χ1) is 9.20. The van der Waals surface area contributed by atoms with Crippen LogP contribution >= 0.6 is 0 Å². The summed E-state index contributed by atoms with van der Waals surface area (Å²) in [7, 11) is 0. The highest BCUT2D eigenvalue weighted by Gasteiger charge is 2.19. The fourth-order valence-electron chi connectivity index (χ4n) is 2.68. The summed E-state index contributed by atoms with van der Waals surface area (Å²) in [6, 6.07) is 10.6. The van der Waals surface area contributed by atoms with Crippen molar-refractivity contribution < 1.29 is 0 Å². The lowest BCUT2D eigenvalue weighted by molar-refractivity contribution is 0.368. The van der Waals surface area contributed by atoms with E-state index in [9.17, 15) is 0 Å². The monoisotopic (exact) mass is 257 g/mol. The third kappa shape index (κ3) is 3.71. The molecule has 1 fully saturated rings. The van der Waals surface area contributed by atoms with Crippen molar-refractivity contribution in [1.29, 1.82) is 5.26 Å². The lowest BCUT2D eigenvalue weighted by Gasteiger charge is -2.34. The molecule has 0 bridgehead atoms. The summed E-state index contributed by atoms with van der Waals surface area (Å²) in [5.74, 6) is 0.777. The van der Waals surface area contributed by atoms with Gasteiger partial charge in [-0.25, -0.2) is 0 Å². The Hall–Kier alpha value is -1.53. The number of hydrogen-bond acceptors (Lipinski definition) is 3. The van der Waals surface area contributed by atoms with Crippen molar-refractivity contribution in [3.8, 4) is 6.07 Å². The molecule has 0 spiro atoms. The molecule has 102 valence electrons. The summed E-state index contributed by atoms with van der Waals surface area (Å²) in [5.41, 5.74) is 1.96. The standard InChI is InChI=1S/C16H23N3/c1-13(2)19(12-15-7-9-18-10-8-15)16-5-3-14(11-17)4-6-16/h3-6,13,15,18H,7-10,12H2,1-2H3. The molecule has 1 aromatic rings. The van der Waals surface area contributed by atoms with E-state index in [1.54, 1.807) is 0 Å². The molecule has 3 heteroatoms. The minimum atomic E-state index is 0.489. The van der Waals surface area contributed by atoms with Crippen LogP contribution < -0.4 is 10.2 Å². The van der Waals surface area contributed by atoms with E-state index in [1.165, 1.54) is 18.5 Å². The van der Waals surface area contributed by atoms with Gasteiger partial charge < -0.3 is 10.2 Å². The zero-order chi connectivity index (χ0) is 13.7. The van der Waals surface area contributed by atoms with Crippen LogP contribution in [0.4, 0.5) is 5.69 Å². The second kappa shape index (κ2) is 6.58. The maximum absolute atomic E-state index is 8.87. The molecule has 1 N–H and O–H groups in total. The van der Waals surface area contributed by atoms with Gasteiger partial charge in [-0.2, -0.15) is 5.26 Å². The Kier molecular flexibility index (Phi) is 4.81. The lowest BCUT2D eigenvalue weighted by atomic mass is 9.96. The first kappa shape index (κ1) is 13.9. The first-order valence-electron chi connectivity index (χ1n) is 7.18. The minimum absolute atomic E-state index is 0.489. The van der Waals surface area contributed by atoms with E-state index in [4.69, 9.17) is 5.26 Å². The van der Waals surface area contributed by atoms with E-state index in [1.807, 2.05) is 12.1 Å². The third-order valence-electron chi connectivity index (χ3n) is 3.87. The summed E-state index contributed by atoms with van der Waals surface area (Å²) < 4.78 is 0. The molecule has 3 nitrogen and oxygen atoms in total. The molecule has 1 heterocycles. The molecule has 0 atom stereocenters. The van der Waals surface area contributed by atoms with Crippen LogP contribution in [0.25, 0.3) is 0 Å². The highest BCUT2D eigenvalue weighted by Crippen LogP contribution is 2.22. The molecular weight excluding hydrogens is 234 g/mol. The van der Waals surface area contributed by atoms with Gasteiger partial charge in [0.1, 0.15) is 0 Å². The molecule has 0 saturated carbocycles. The van der Waals surface area contributed by atoms with Crippen molar-refractivity contribution in [2.75, 3.05) is 24.5 Å². The Morgan fingerprint density at radius 1 is 1.26 bits per heavy atom. The maximum Gasteiger partial charge on any atom is 0.0991 e. The van der Waals surface area contributed by atoms with E-state index in [-0.39, 0.29) is 0 Å². The van der Waals surface area contributed by atoms with Crippen LogP contribution in [0.15, 0.2) is 24.3 Å². The summed E-state index contributed by atoms with van der Waals surface area (Å²) >= 11 is 0. The fraction of sp³-hybridized carbons (Fsp3) is 0.562. The zero-order valence-electron chi connectivity index (χ0n) is 11.9. The molecule has 0 aliphatic carbocycles. The molecule has 1 aliphatic heterocycles. The predicted molar refractivity (Wildman–Crippen MR) is 79.2 cm³/mol. The summed E-state index contributed by atoms with van der Waals surface area (Å²) in [5, 5.41) is 12.3. The van der Waals surface area contributed by atoms with Crippen molar-refractivity contribution in [2.24, 2.45) is 5.92 Å². The number of hydrogen-bond donors (Lipinski definition) is 1. The van der Waals surface area contributed by atoms with Crippen LogP contribution in [0, 0.1) is 17.2 Å². The van der Waals surface area contributed by atoms with Gasteiger partial charge in [-0.05, 0) is 70.0 Å². The highest BCUT2D eigenvalue weighted by molar-refractivity contribution is 5.50. The Morgan fingerprint density at radius 3 is 2.42 bits per heavy atom. The molecule has 19 heavy (non-hydrogen) atoms. The van der Waals surface area contributed by atoms with Crippen LogP contribution in [-0.4, -0.2) is 25.7 Å². The molecule has 1 aliphatic rings. The van der Waals surface area contributed by atoms with E-state index in [0.717, 1.165) is 31.1 Å². The van der Waals surface area contributed by atoms with Gasteiger partial charge in [-0.1, -0.05) is 0 Å². The number of rotatable bonds is 4. The van der Waals surface area contributed by atoms with Crippen LogP contribution in [0.3, 0.4) is 0 Å². The van der Waals surface area contributed by atoms with Crippen molar-refractivity contribution in [2.45, 2.75) is 32.7 Å². The van der Waals surface area contributed by atoms with E-state index in [0.29, 0.717) is 6.04 Å². The van der Waals surface area contributed by atoms with E-state index < -0.39 is 0 Å². The molecule has 0 amide bonds. The summed E-state index contributed by atoms with van der Waals surface area (Å²) in [4.78, 5) is 2.46. The number of piperidine rings is 1. The predicted octanol–water partition coefficient (Wildman–Crippen LogP) is 2.77. The Labute approximate surface area is 116 Å². The quantitative estimate of drug-likeness (QED) is 0.901. The topological polar surface area (TPSA) is 39.1 Å². The Bertz CT molecular complexity index is 424. The van der Waals surface area contributed by atoms with Crippen LogP contribution in [0.5, 0.6) is 0 Å². The van der Waals surface area contributed by atoms with Crippen molar-refractivity contribution in [1.82, 2.24) is 5.32 Å². The second-order valence-corrected chi connectivity index (χ2v) is 5.60. The average Bonchev–Trinajstić information content (AvgIpc) is 2.46. The molecule has 0 aromatic heterocycles. The number of nitrogens with zero attached hydrogens (tertiary/aromatic N) is 2. The lowest BCUT2D eigenvalue weighted by Crippen LogP contribution is -2.39. The Morgan fingerprint density at radius 2 is 1.89 bits per heavy atom. The normalized spacial score (nSPS) is 16.3. The second-order valence-electron chi connectivity index (χ2n) is 5.60. The maximum atomic E-state index is 8.87. The van der Waals surface area contributed by atoms with Crippen molar-refractivity contribution in [3.63, 3.8) is 0 Å². The van der Waals surface area contributed by atoms with Gasteiger partial charge in [0.25, 0.3) is 0 Å². The van der Waals surface area contributed by atoms with Crippen molar-refractivity contribution >= 4 is 5.69 Å². The molecular formula is C16H23N3. The number of benzene rings is 1. The smallest absolute Gasteiger partial charge is 0.0991 e. The van der Waals surface area contributed by atoms with Crippen molar-refractivity contribution in [3.05, 3.63) is 29.8 Å². The molecule has 0 unspecified atom stereocenters. The third-order valence-corrected chi connectivity index (χ3v) is 3.87. The van der Waals surface area contributed by atoms with Gasteiger partial charge in [0.15, 0.2) is 0 Å². The van der Waals surface area contributed by atoms with Gasteiger partial charge in [0.05, 0.1) is 11.6 Å². The van der Waals surface area contributed by atoms with E-state index >= 15 is 0 Å². The highest BCUT2D eigenvalue weighted by atomic mass is 15.2.